The van der Waals surface area contributed by atoms with E-state index in [1.165, 1.54) is 5.30 Å². The van der Waals surface area contributed by atoms with E-state index in [-0.39, 0.29) is 4.90 Å². The number of benzene rings is 2. The molecule has 20 heavy (non-hydrogen) atoms. The first-order valence-electron chi connectivity index (χ1n) is 6.21. The van der Waals surface area contributed by atoms with Gasteiger partial charge < -0.3 is 0 Å². The quantitative estimate of drug-likeness (QED) is 0.633. The summed E-state index contributed by atoms with van der Waals surface area (Å²) in [6.45, 7) is 4.57. The molecule has 0 spiro atoms. The van der Waals surface area contributed by atoms with Gasteiger partial charge in [0, 0.05) is 17.9 Å². The highest BCUT2D eigenvalue weighted by atomic mass is 35.7. The second-order valence-corrected chi connectivity index (χ2v) is 12.0. The lowest BCUT2D eigenvalue weighted by atomic mass is 10.2. The van der Waals surface area contributed by atoms with Gasteiger partial charge in [-0.25, -0.2) is 8.42 Å². The van der Waals surface area contributed by atoms with Crippen molar-refractivity contribution in [2.45, 2.75) is 11.1 Å². The van der Waals surface area contributed by atoms with Crippen LogP contribution >= 0.6 is 17.9 Å². The van der Waals surface area contributed by atoms with E-state index in [0.29, 0.717) is 0 Å². The summed E-state index contributed by atoms with van der Waals surface area (Å²) in [6, 6.07) is 17.3. The monoisotopic (exact) mass is 327 g/mol. The summed E-state index contributed by atoms with van der Waals surface area (Å²) in [4.78, 5) is 0.152. The molecule has 0 fully saturated rings. The van der Waals surface area contributed by atoms with Crippen LogP contribution in [0.2, 0.25) is 0 Å². The van der Waals surface area contributed by atoms with E-state index in [2.05, 4.69) is 37.6 Å². The maximum Gasteiger partial charge on any atom is 0.261 e. The fourth-order valence-electron chi connectivity index (χ4n) is 2.14. The lowest BCUT2D eigenvalue weighted by Crippen LogP contribution is -2.10. The summed E-state index contributed by atoms with van der Waals surface area (Å²) in [5, 5.41) is 1.37. The van der Waals surface area contributed by atoms with Crippen LogP contribution in [-0.2, 0) is 15.2 Å². The number of halogens is 1. The Morgan fingerprint density at radius 3 is 2.00 bits per heavy atom. The van der Waals surface area contributed by atoms with Crippen LogP contribution in [0.15, 0.2) is 59.5 Å². The summed E-state index contributed by atoms with van der Waals surface area (Å²) in [5.74, 6) is 0. The molecular formula is C15H17ClO2PS+. The van der Waals surface area contributed by atoms with Gasteiger partial charge in [0.15, 0.2) is 0 Å². The van der Waals surface area contributed by atoms with E-state index in [1.807, 2.05) is 18.2 Å². The van der Waals surface area contributed by atoms with E-state index in [1.54, 1.807) is 12.1 Å². The van der Waals surface area contributed by atoms with Crippen LogP contribution in [0, 0.1) is 0 Å². The van der Waals surface area contributed by atoms with Gasteiger partial charge in [-0.2, -0.15) is 0 Å². The summed E-state index contributed by atoms with van der Waals surface area (Å²) in [5.41, 5.74) is 1.14. The van der Waals surface area contributed by atoms with Gasteiger partial charge in [-0.15, -0.1) is 0 Å². The molecule has 0 amide bonds. The molecular weight excluding hydrogens is 311 g/mol. The van der Waals surface area contributed by atoms with Crippen molar-refractivity contribution in [3.05, 3.63) is 60.2 Å². The highest BCUT2D eigenvalue weighted by molar-refractivity contribution is 8.13. The second kappa shape index (κ2) is 5.85. The highest BCUT2D eigenvalue weighted by Gasteiger charge is 2.28. The minimum absolute atomic E-state index is 0.152. The number of hydrogen-bond donors (Lipinski definition) is 0. The lowest BCUT2D eigenvalue weighted by molar-refractivity contribution is 0.609. The van der Waals surface area contributed by atoms with Gasteiger partial charge in [0.2, 0.25) is 0 Å². The van der Waals surface area contributed by atoms with Crippen LogP contribution in [0.5, 0.6) is 0 Å². The SMILES string of the molecule is C[P+](C)(Cc1ccc(S(=O)(=O)Cl)cc1)c1ccccc1. The Labute approximate surface area is 125 Å². The van der Waals surface area contributed by atoms with E-state index < -0.39 is 16.3 Å². The maximum atomic E-state index is 11.2. The molecule has 0 radical (unpaired) electrons. The molecule has 0 bridgehead atoms. The van der Waals surface area contributed by atoms with Crippen LogP contribution in [0.25, 0.3) is 0 Å². The molecule has 0 saturated carbocycles. The van der Waals surface area contributed by atoms with Gasteiger partial charge in [0.05, 0.1) is 29.7 Å². The van der Waals surface area contributed by atoms with Crippen molar-refractivity contribution >= 4 is 32.3 Å². The van der Waals surface area contributed by atoms with Crippen LogP contribution in [0.1, 0.15) is 5.56 Å². The third kappa shape index (κ3) is 3.82. The molecule has 0 atom stereocenters. The van der Waals surface area contributed by atoms with Gasteiger partial charge >= 0.3 is 0 Å². The van der Waals surface area contributed by atoms with Crippen molar-refractivity contribution in [2.75, 3.05) is 13.3 Å². The van der Waals surface area contributed by atoms with Crippen molar-refractivity contribution in [3.8, 4) is 0 Å². The Morgan fingerprint density at radius 1 is 0.950 bits per heavy atom. The third-order valence-corrected chi connectivity index (χ3v) is 7.46. The Bertz CT molecular complexity index is 680. The van der Waals surface area contributed by atoms with Gasteiger partial charge in [-0.05, 0) is 29.8 Å². The van der Waals surface area contributed by atoms with Crippen molar-refractivity contribution < 1.29 is 8.42 Å². The molecule has 2 aromatic rings. The van der Waals surface area contributed by atoms with E-state index >= 15 is 0 Å². The van der Waals surface area contributed by atoms with Crippen molar-refractivity contribution in [1.29, 1.82) is 0 Å². The molecule has 2 nitrogen and oxygen atoms in total. The molecule has 2 rings (SSSR count). The van der Waals surface area contributed by atoms with Crippen LogP contribution < -0.4 is 5.30 Å². The van der Waals surface area contributed by atoms with Gasteiger partial charge in [0.25, 0.3) is 9.05 Å². The maximum absolute atomic E-state index is 11.2. The van der Waals surface area contributed by atoms with E-state index in [4.69, 9.17) is 10.7 Å². The normalized spacial score (nSPS) is 12.3. The predicted molar refractivity (Wildman–Crippen MR) is 88.0 cm³/mol. The average molecular weight is 328 g/mol. The molecule has 0 heterocycles. The second-order valence-electron chi connectivity index (χ2n) is 5.26. The summed E-state index contributed by atoms with van der Waals surface area (Å²) >= 11 is 0. The molecule has 106 valence electrons. The minimum Gasteiger partial charge on any atom is -0.207 e. The Kier molecular flexibility index (Phi) is 4.53. The average Bonchev–Trinajstić information content (AvgIpc) is 2.39. The zero-order chi connectivity index (χ0) is 14.8. The Morgan fingerprint density at radius 2 is 1.50 bits per heavy atom. The molecule has 0 aliphatic heterocycles. The predicted octanol–water partition coefficient (Wildman–Crippen LogP) is 3.72. The smallest absolute Gasteiger partial charge is 0.207 e. The molecule has 0 unspecified atom stereocenters. The fourth-order valence-corrected chi connectivity index (χ4v) is 5.19. The molecule has 0 N–H and O–H groups in total. The largest absolute Gasteiger partial charge is 0.261 e. The Balaban J connectivity index is 2.22. The number of rotatable bonds is 4. The molecule has 0 aliphatic carbocycles. The molecule has 2 aromatic carbocycles. The molecule has 0 saturated heterocycles. The topological polar surface area (TPSA) is 34.1 Å². The zero-order valence-corrected chi connectivity index (χ0v) is 13.9. The number of hydrogen-bond acceptors (Lipinski definition) is 2. The first kappa shape index (κ1) is 15.5. The van der Waals surface area contributed by atoms with Crippen LogP contribution in [0.4, 0.5) is 0 Å². The van der Waals surface area contributed by atoms with Crippen molar-refractivity contribution in [1.82, 2.24) is 0 Å². The summed E-state index contributed by atoms with van der Waals surface area (Å²) < 4.78 is 22.4. The first-order chi connectivity index (χ1) is 9.29. The van der Waals surface area contributed by atoms with E-state index in [0.717, 1.165) is 11.7 Å². The molecule has 0 aliphatic rings. The summed E-state index contributed by atoms with van der Waals surface area (Å²) in [7, 11) is 0.430. The van der Waals surface area contributed by atoms with Crippen LogP contribution in [0.3, 0.4) is 0 Å². The van der Waals surface area contributed by atoms with Crippen molar-refractivity contribution in [2.24, 2.45) is 0 Å². The summed E-state index contributed by atoms with van der Waals surface area (Å²) in [6.07, 6.45) is 0.944. The van der Waals surface area contributed by atoms with Gasteiger partial charge in [0.1, 0.15) is 0 Å². The van der Waals surface area contributed by atoms with E-state index in [9.17, 15) is 8.42 Å². The molecule has 5 heteroatoms. The van der Waals surface area contributed by atoms with Crippen molar-refractivity contribution in [3.63, 3.8) is 0 Å². The molecule has 0 aromatic heterocycles. The standard InChI is InChI=1S/C15H17ClO2PS/c1-19(2,14-6-4-3-5-7-14)12-13-8-10-15(11-9-13)20(16,17)18/h3-11H,12H2,1-2H3/q+1. The van der Waals surface area contributed by atoms with Gasteiger partial charge in [-0.1, -0.05) is 30.3 Å². The third-order valence-electron chi connectivity index (χ3n) is 3.24. The minimum atomic E-state index is -3.63. The highest BCUT2D eigenvalue weighted by Crippen LogP contribution is 2.52. The fraction of sp³-hybridized carbons (Fsp3) is 0.200. The van der Waals surface area contributed by atoms with Gasteiger partial charge in [-0.3, -0.25) is 0 Å². The Hall–Kier alpha value is -0.890. The lowest BCUT2D eigenvalue weighted by Gasteiger charge is -2.18. The first-order valence-corrected chi connectivity index (χ1v) is 11.4. The van der Waals surface area contributed by atoms with Crippen LogP contribution in [-0.4, -0.2) is 21.7 Å². The zero-order valence-electron chi connectivity index (χ0n) is 11.5.